The van der Waals surface area contributed by atoms with Crippen LogP contribution in [0.2, 0.25) is 0 Å². The summed E-state index contributed by atoms with van der Waals surface area (Å²) in [6, 6.07) is 13.7. The fourth-order valence-electron chi connectivity index (χ4n) is 2.85. The molecule has 0 spiro atoms. The summed E-state index contributed by atoms with van der Waals surface area (Å²) >= 11 is 0. The summed E-state index contributed by atoms with van der Waals surface area (Å²) in [6.07, 6.45) is 0.0136. The molecule has 2 N–H and O–H groups in total. The molecule has 29 heavy (non-hydrogen) atoms. The molecule has 0 aliphatic rings. The van der Waals surface area contributed by atoms with Crippen LogP contribution in [0.3, 0.4) is 0 Å². The third-order valence-corrected chi connectivity index (χ3v) is 4.55. The second-order valence-corrected chi connectivity index (χ2v) is 6.63. The highest BCUT2D eigenvalue weighted by Gasteiger charge is 2.12. The molecular weight excluding hydrogens is 372 g/mol. The number of anilines is 1. The lowest BCUT2D eigenvalue weighted by atomic mass is 10.0. The lowest BCUT2D eigenvalue weighted by Crippen LogP contribution is -2.30. The Kier molecular flexibility index (Phi) is 6.29. The topological polar surface area (TPSA) is 97.6 Å². The quantitative estimate of drug-likeness (QED) is 0.491. The highest BCUT2D eigenvalue weighted by molar-refractivity contribution is 5.89. The minimum absolute atomic E-state index is 0.0136. The molecule has 0 unspecified atom stereocenters. The number of hydrogen-bond donors (Lipinski definition) is 2. The highest BCUT2D eigenvalue weighted by Crippen LogP contribution is 2.23. The number of esters is 1. The summed E-state index contributed by atoms with van der Waals surface area (Å²) in [7, 11) is 0. The molecule has 0 bridgehead atoms. The van der Waals surface area contributed by atoms with Crippen molar-refractivity contribution in [2.75, 3.05) is 11.9 Å². The molecule has 0 fully saturated rings. The van der Waals surface area contributed by atoms with Gasteiger partial charge in [0.15, 0.2) is 0 Å². The number of urea groups is 1. The van der Waals surface area contributed by atoms with Gasteiger partial charge in [-0.1, -0.05) is 30.3 Å². The number of carbonyl (C=O) groups excluding carboxylic acids is 2. The Hall–Kier alpha value is -3.61. The van der Waals surface area contributed by atoms with Gasteiger partial charge in [-0.15, -0.1) is 0 Å². The predicted molar refractivity (Wildman–Crippen MR) is 110 cm³/mol. The molecule has 0 atom stereocenters. The molecule has 3 rings (SSSR count). The number of rotatable bonds is 6. The van der Waals surface area contributed by atoms with Gasteiger partial charge in [0.25, 0.3) is 0 Å². The van der Waals surface area contributed by atoms with Gasteiger partial charge in [-0.2, -0.15) is 0 Å². The van der Waals surface area contributed by atoms with Crippen LogP contribution >= 0.6 is 0 Å². The SMILES string of the molecule is Cc1ccc2c(COC(=O)CCNC(=O)Nc3ccccc3)cc(=O)oc2c1C. The number of aryl methyl sites for hydroxylation is 2. The number of ether oxygens (including phenoxy) is 1. The molecule has 1 aromatic heterocycles. The zero-order valence-electron chi connectivity index (χ0n) is 16.3. The maximum absolute atomic E-state index is 12.0. The van der Waals surface area contributed by atoms with Crippen molar-refractivity contribution in [1.29, 1.82) is 0 Å². The van der Waals surface area contributed by atoms with Crippen LogP contribution in [0.5, 0.6) is 0 Å². The van der Waals surface area contributed by atoms with Gasteiger partial charge in [-0.3, -0.25) is 4.79 Å². The normalized spacial score (nSPS) is 10.6. The molecular formula is C22H22N2O5. The van der Waals surface area contributed by atoms with Crippen LogP contribution in [0.4, 0.5) is 10.5 Å². The van der Waals surface area contributed by atoms with E-state index in [4.69, 9.17) is 9.15 Å². The summed E-state index contributed by atoms with van der Waals surface area (Å²) in [5.41, 5.74) is 3.14. The Balaban J connectivity index is 1.53. The van der Waals surface area contributed by atoms with Gasteiger partial charge in [0.2, 0.25) is 0 Å². The van der Waals surface area contributed by atoms with Crippen LogP contribution in [-0.4, -0.2) is 18.5 Å². The third kappa shape index (κ3) is 5.22. The van der Waals surface area contributed by atoms with E-state index >= 15 is 0 Å². The molecule has 7 nitrogen and oxygen atoms in total. The number of nitrogens with one attached hydrogen (secondary N) is 2. The van der Waals surface area contributed by atoms with Crippen molar-refractivity contribution in [3.63, 3.8) is 0 Å². The number of para-hydroxylation sites is 1. The Morgan fingerprint density at radius 1 is 1.07 bits per heavy atom. The van der Waals surface area contributed by atoms with Crippen molar-refractivity contribution in [3.8, 4) is 0 Å². The van der Waals surface area contributed by atoms with Gasteiger partial charge in [0.1, 0.15) is 12.2 Å². The van der Waals surface area contributed by atoms with Crippen molar-refractivity contribution in [2.45, 2.75) is 26.9 Å². The largest absolute Gasteiger partial charge is 0.461 e. The lowest BCUT2D eigenvalue weighted by molar-refractivity contribution is -0.144. The van der Waals surface area contributed by atoms with Crippen LogP contribution < -0.4 is 16.3 Å². The second-order valence-electron chi connectivity index (χ2n) is 6.63. The summed E-state index contributed by atoms with van der Waals surface area (Å²) in [5.74, 6) is -0.477. The summed E-state index contributed by atoms with van der Waals surface area (Å²) in [5, 5.41) is 6.00. The van der Waals surface area contributed by atoms with E-state index in [1.54, 1.807) is 12.1 Å². The predicted octanol–water partition coefficient (Wildman–Crippen LogP) is 3.66. The van der Waals surface area contributed by atoms with E-state index in [2.05, 4.69) is 10.6 Å². The fourth-order valence-corrected chi connectivity index (χ4v) is 2.85. The van der Waals surface area contributed by atoms with E-state index < -0.39 is 17.6 Å². The van der Waals surface area contributed by atoms with Crippen molar-refractivity contribution >= 4 is 28.7 Å². The first-order valence-electron chi connectivity index (χ1n) is 9.22. The van der Waals surface area contributed by atoms with E-state index in [0.29, 0.717) is 16.8 Å². The van der Waals surface area contributed by atoms with Gasteiger partial charge in [0, 0.05) is 29.2 Å². The number of hydrogen-bond acceptors (Lipinski definition) is 5. The van der Waals surface area contributed by atoms with E-state index in [1.807, 2.05) is 44.2 Å². The van der Waals surface area contributed by atoms with Crippen LogP contribution in [0, 0.1) is 13.8 Å². The Morgan fingerprint density at radius 2 is 1.83 bits per heavy atom. The van der Waals surface area contributed by atoms with Gasteiger partial charge in [-0.25, -0.2) is 9.59 Å². The average Bonchev–Trinajstić information content (AvgIpc) is 2.70. The van der Waals surface area contributed by atoms with Crippen molar-refractivity contribution in [2.24, 2.45) is 0 Å². The molecule has 1 heterocycles. The maximum atomic E-state index is 12.0. The Labute approximate surface area is 167 Å². The zero-order chi connectivity index (χ0) is 20.8. The summed E-state index contributed by atoms with van der Waals surface area (Å²) < 4.78 is 10.6. The van der Waals surface area contributed by atoms with Crippen LogP contribution in [-0.2, 0) is 16.1 Å². The lowest BCUT2D eigenvalue weighted by Gasteiger charge is -2.10. The molecule has 3 aromatic rings. The standard InChI is InChI=1S/C22H22N2O5/c1-14-8-9-18-16(12-20(26)29-21(18)15(14)2)13-28-19(25)10-11-23-22(27)24-17-6-4-3-5-7-17/h3-9,12H,10-11,13H2,1-2H3,(H2,23,24,27). The first-order valence-corrected chi connectivity index (χ1v) is 9.22. The third-order valence-electron chi connectivity index (χ3n) is 4.55. The summed E-state index contributed by atoms with van der Waals surface area (Å²) in [6.45, 7) is 3.90. The van der Waals surface area contributed by atoms with E-state index in [0.717, 1.165) is 16.5 Å². The van der Waals surface area contributed by atoms with E-state index in [-0.39, 0.29) is 19.6 Å². The first-order chi connectivity index (χ1) is 13.9. The molecule has 2 amide bonds. The maximum Gasteiger partial charge on any atom is 0.336 e. The zero-order valence-corrected chi connectivity index (χ0v) is 16.3. The highest BCUT2D eigenvalue weighted by atomic mass is 16.5. The molecule has 0 saturated carbocycles. The second kappa shape index (κ2) is 9.05. The van der Waals surface area contributed by atoms with Gasteiger partial charge in [0.05, 0.1) is 6.42 Å². The molecule has 0 radical (unpaired) electrons. The van der Waals surface area contributed by atoms with E-state index in [1.165, 1.54) is 6.07 Å². The molecule has 0 aliphatic carbocycles. The van der Waals surface area contributed by atoms with Crippen LogP contribution in [0.1, 0.15) is 23.1 Å². The number of fused-ring (bicyclic) bond motifs is 1. The Morgan fingerprint density at radius 3 is 2.59 bits per heavy atom. The van der Waals surface area contributed by atoms with Crippen LogP contribution in [0.15, 0.2) is 57.7 Å². The van der Waals surface area contributed by atoms with Crippen LogP contribution in [0.25, 0.3) is 11.0 Å². The molecule has 7 heteroatoms. The fraction of sp³-hybridized carbons (Fsp3) is 0.227. The van der Waals surface area contributed by atoms with Gasteiger partial charge < -0.3 is 19.8 Å². The smallest absolute Gasteiger partial charge is 0.336 e. The monoisotopic (exact) mass is 394 g/mol. The molecule has 2 aromatic carbocycles. The molecule has 150 valence electrons. The number of benzene rings is 2. The number of carbonyl (C=O) groups is 2. The van der Waals surface area contributed by atoms with Crippen molar-refractivity contribution < 1.29 is 18.7 Å². The molecule has 0 saturated heterocycles. The van der Waals surface area contributed by atoms with E-state index in [9.17, 15) is 14.4 Å². The minimum Gasteiger partial charge on any atom is -0.461 e. The summed E-state index contributed by atoms with van der Waals surface area (Å²) in [4.78, 5) is 35.6. The molecule has 0 aliphatic heterocycles. The number of amides is 2. The minimum atomic E-state index is -0.489. The average molecular weight is 394 g/mol. The van der Waals surface area contributed by atoms with Gasteiger partial charge in [-0.05, 0) is 37.1 Å². The Bertz CT molecular complexity index is 1090. The first kappa shape index (κ1) is 20.1. The van der Waals surface area contributed by atoms with Gasteiger partial charge >= 0.3 is 17.6 Å². The van der Waals surface area contributed by atoms with Crippen molar-refractivity contribution in [3.05, 3.63) is 75.6 Å². The van der Waals surface area contributed by atoms with Crippen molar-refractivity contribution in [1.82, 2.24) is 5.32 Å².